The van der Waals surface area contributed by atoms with Crippen molar-refractivity contribution in [3.8, 4) is 12.1 Å². The highest BCUT2D eigenvalue weighted by atomic mass is 35.5. The fourth-order valence-electron chi connectivity index (χ4n) is 7.36. The maximum absolute atomic E-state index is 9.68. The summed E-state index contributed by atoms with van der Waals surface area (Å²) in [5.74, 6) is 1.16. The van der Waals surface area contributed by atoms with Gasteiger partial charge in [0, 0.05) is 26.7 Å². The van der Waals surface area contributed by atoms with Gasteiger partial charge in [-0.3, -0.25) is 0 Å². The third-order valence-corrected chi connectivity index (χ3v) is 11.2. The zero-order valence-electron chi connectivity index (χ0n) is 30.9. The Morgan fingerprint density at radius 1 is 0.596 bits per heavy atom. The molecule has 8 rings (SSSR count). The number of nitrogens with two attached hydrogens (primary N) is 2. The summed E-state index contributed by atoms with van der Waals surface area (Å²) in [6.45, 7) is 1.93. The summed E-state index contributed by atoms with van der Waals surface area (Å²) in [7, 11) is 0. The number of aliphatic hydroxyl groups is 1. The van der Waals surface area contributed by atoms with Crippen LogP contribution in [0, 0.1) is 22.7 Å². The Labute approximate surface area is 352 Å². The molecule has 288 valence electrons. The van der Waals surface area contributed by atoms with E-state index in [0.29, 0.717) is 31.2 Å². The Morgan fingerprint density at radius 2 is 0.930 bits per heavy atom. The molecule has 0 radical (unpaired) electrons. The second-order valence-electron chi connectivity index (χ2n) is 13.3. The minimum atomic E-state index is -0.287. The predicted molar refractivity (Wildman–Crippen MR) is 228 cm³/mol. The average molecular weight is 837 g/mol. The highest BCUT2D eigenvalue weighted by Crippen LogP contribution is 2.51. The molecule has 4 aromatic carbocycles. The first-order valence-electron chi connectivity index (χ1n) is 18.2. The molecule has 2 aliphatic carbocycles. The van der Waals surface area contributed by atoms with Gasteiger partial charge < -0.3 is 26.0 Å². The quantitative estimate of drug-likeness (QED) is 0.186. The Morgan fingerprint density at radius 3 is 1.26 bits per heavy atom. The Bertz CT molecular complexity index is 2310. The lowest BCUT2D eigenvalue weighted by molar-refractivity contribution is 0.292. The number of nitriles is 2. The Hall–Kier alpha value is -5.38. The highest BCUT2D eigenvalue weighted by molar-refractivity contribution is 6.33. The first-order chi connectivity index (χ1) is 27.6. The number of aliphatic hydroxyl groups excluding tert-OH is 1. The lowest BCUT2D eigenvalue weighted by Gasteiger charge is -2.26. The predicted octanol–water partition coefficient (Wildman–Crippen LogP) is 11.9. The summed E-state index contributed by atoms with van der Waals surface area (Å²) in [6.07, 6.45) is 7.20. The molecule has 2 aliphatic heterocycles. The molecule has 4 aromatic rings. The van der Waals surface area contributed by atoms with Gasteiger partial charge in [-0.25, -0.2) is 0 Å². The van der Waals surface area contributed by atoms with E-state index in [2.05, 4.69) is 12.1 Å². The maximum atomic E-state index is 9.68. The van der Waals surface area contributed by atoms with Crippen LogP contribution in [0.15, 0.2) is 154 Å². The number of nitrogens with zero attached hydrogens (tertiary/aromatic N) is 2. The van der Waals surface area contributed by atoms with Crippen molar-refractivity contribution in [3.05, 3.63) is 196 Å². The molecule has 5 N–H and O–H groups in total. The van der Waals surface area contributed by atoms with Gasteiger partial charge in [0.2, 0.25) is 11.8 Å². The van der Waals surface area contributed by atoms with Gasteiger partial charge in [0.25, 0.3) is 0 Å². The minimum absolute atomic E-state index is 0.133. The summed E-state index contributed by atoms with van der Waals surface area (Å²) in [5, 5.41) is 29.5. The molecule has 11 heteroatoms. The van der Waals surface area contributed by atoms with Gasteiger partial charge >= 0.3 is 0 Å². The van der Waals surface area contributed by atoms with Crippen molar-refractivity contribution in [1.82, 2.24) is 0 Å². The second-order valence-corrected chi connectivity index (χ2v) is 14.9. The monoisotopic (exact) mass is 834 g/mol. The highest BCUT2D eigenvalue weighted by Gasteiger charge is 2.39. The Kier molecular flexibility index (Phi) is 13.5. The molecule has 0 fully saturated rings. The van der Waals surface area contributed by atoms with E-state index < -0.39 is 0 Å². The van der Waals surface area contributed by atoms with Crippen molar-refractivity contribution in [1.29, 1.82) is 10.5 Å². The number of hydrogen-bond donors (Lipinski definition) is 3. The molecule has 0 bridgehead atoms. The summed E-state index contributed by atoms with van der Waals surface area (Å²) < 4.78 is 11.8. The molecule has 0 amide bonds. The zero-order valence-corrected chi connectivity index (χ0v) is 33.9. The van der Waals surface area contributed by atoms with Crippen LogP contribution in [0.4, 0.5) is 0 Å². The van der Waals surface area contributed by atoms with Crippen LogP contribution in [-0.4, -0.2) is 11.7 Å². The largest absolute Gasteiger partial charge is 0.440 e. The van der Waals surface area contributed by atoms with E-state index in [9.17, 15) is 10.5 Å². The van der Waals surface area contributed by atoms with E-state index in [-0.39, 0.29) is 30.2 Å². The van der Waals surface area contributed by atoms with Crippen molar-refractivity contribution in [2.45, 2.75) is 44.4 Å². The number of benzene rings is 4. The van der Waals surface area contributed by atoms with Gasteiger partial charge in [-0.15, -0.1) is 0 Å². The molecule has 2 unspecified atom stereocenters. The number of allylic oxidation sites excluding steroid dienone is 6. The summed E-state index contributed by atoms with van der Waals surface area (Å²) >= 11 is 25.5. The topological polar surface area (TPSA) is 138 Å². The summed E-state index contributed by atoms with van der Waals surface area (Å²) in [6, 6.07) is 34.8. The third-order valence-electron chi connectivity index (χ3n) is 9.87. The zero-order chi connectivity index (χ0) is 40.6. The molecule has 2 atom stereocenters. The lowest BCUT2D eigenvalue weighted by Crippen LogP contribution is -2.19. The molecular weight excluding hydrogens is 798 g/mol. The molecule has 0 saturated carbocycles. The van der Waals surface area contributed by atoms with Crippen LogP contribution in [0.3, 0.4) is 0 Å². The number of hydrogen-bond acceptors (Lipinski definition) is 7. The molecule has 2 heterocycles. The second kappa shape index (κ2) is 18.7. The first-order valence-corrected chi connectivity index (χ1v) is 19.7. The van der Waals surface area contributed by atoms with Gasteiger partial charge in [-0.2, -0.15) is 10.5 Å². The smallest absolute Gasteiger partial charge is 0.205 e. The Balaban J connectivity index is 0.000000180. The van der Waals surface area contributed by atoms with E-state index in [1.165, 1.54) is 0 Å². The van der Waals surface area contributed by atoms with E-state index in [4.69, 9.17) is 72.5 Å². The molecular formula is C46H38Cl4N4O3. The van der Waals surface area contributed by atoms with Crippen molar-refractivity contribution >= 4 is 58.6 Å². The van der Waals surface area contributed by atoms with Gasteiger partial charge in [-0.05, 0) is 114 Å². The molecule has 0 spiro atoms. The molecule has 0 aromatic heterocycles. The van der Waals surface area contributed by atoms with Crippen LogP contribution in [-0.2, 0) is 9.47 Å². The SMILES string of the molecule is CCO.N#CC1=C(N)OC2=C(CC/C2=C\c2ccccc2Cl)C1c1ccccc1Cl.N#CC1=C(N)OC2=C(CC/C2=C\c2ccccc2Cl)C1c1ccccc1Cl. The molecule has 4 aliphatic rings. The summed E-state index contributed by atoms with van der Waals surface area (Å²) in [5.41, 5.74) is 20.7. The van der Waals surface area contributed by atoms with Crippen molar-refractivity contribution in [2.75, 3.05) is 6.61 Å². The van der Waals surface area contributed by atoms with Crippen molar-refractivity contribution in [2.24, 2.45) is 11.5 Å². The van der Waals surface area contributed by atoms with Gasteiger partial charge in [0.1, 0.15) is 34.8 Å². The lowest BCUT2D eigenvalue weighted by atomic mass is 9.83. The maximum Gasteiger partial charge on any atom is 0.205 e. The standard InChI is InChI=1S/2C22H16Cl2N2O.C2H6O/c2*23-18-7-3-1-5-13(18)11-14-9-10-16-20(15-6-2-4-8-19(15)24)17(12-25)22(26)27-21(14)16;1-2-3/h2*1-8,11,20H,9-10,26H2;3H,2H2,1H3/b2*14-11+;. The minimum Gasteiger partial charge on any atom is -0.440 e. The molecule has 7 nitrogen and oxygen atoms in total. The fourth-order valence-corrected chi connectivity index (χ4v) is 8.23. The van der Waals surface area contributed by atoms with Crippen LogP contribution in [0.5, 0.6) is 0 Å². The van der Waals surface area contributed by atoms with Crippen molar-refractivity contribution in [3.63, 3.8) is 0 Å². The number of ether oxygens (including phenoxy) is 2. The van der Waals surface area contributed by atoms with Gasteiger partial charge in [0.15, 0.2) is 0 Å². The number of halogens is 4. The van der Waals surface area contributed by atoms with E-state index in [0.717, 1.165) is 81.7 Å². The average Bonchev–Trinajstić information content (AvgIpc) is 3.79. The van der Waals surface area contributed by atoms with Gasteiger partial charge in [-0.1, -0.05) is 119 Å². The van der Waals surface area contributed by atoms with Crippen LogP contribution >= 0.6 is 46.4 Å². The van der Waals surface area contributed by atoms with Crippen molar-refractivity contribution < 1.29 is 14.6 Å². The van der Waals surface area contributed by atoms with Gasteiger partial charge in [0.05, 0.1) is 11.8 Å². The fraction of sp³-hybridized carbons (Fsp3) is 0.174. The van der Waals surface area contributed by atoms with Crippen LogP contribution in [0.25, 0.3) is 12.2 Å². The van der Waals surface area contributed by atoms with E-state index in [1.807, 2.05) is 109 Å². The molecule has 57 heavy (non-hydrogen) atoms. The van der Waals surface area contributed by atoms with Crippen LogP contribution in [0.2, 0.25) is 20.1 Å². The first kappa shape index (κ1) is 41.3. The van der Waals surface area contributed by atoms with Crippen LogP contribution in [0.1, 0.15) is 66.7 Å². The van der Waals surface area contributed by atoms with Crippen LogP contribution < -0.4 is 11.5 Å². The summed E-state index contributed by atoms with van der Waals surface area (Å²) in [4.78, 5) is 0. The normalized spacial score (nSPS) is 19.7. The molecule has 0 saturated heterocycles. The third kappa shape index (κ3) is 8.80. The van der Waals surface area contributed by atoms with E-state index in [1.54, 1.807) is 6.92 Å². The van der Waals surface area contributed by atoms with E-state index >= 15 is 0 Å². The number of rotatable bonds is 4.